The van der Waals surface area contributed by atoms with Crippen molar-refractivity contribution in [3.05, 3.63) is 35.4 Å². The molecule has 4 N–H and O–H groups in total. The minimum atomic E-state index is -0.709. The van der Waals surface area contributed by atoms with Crippen LogP contribution >= 0.6 is 24.4 Å². The van der Waals surface area contributed by atoms with Crippen molar-refractivity contribution in [2.45, 2.75) is 52.7 Å². The number of hydrogen-bond donors (Lipinski definition) is 4. The molecule has 0 aliphatic carbocycles. The minimum Gasteiger partial charge on any atom is -0.359 e. The molecule has 0 fully saturated rings. The number of fused-ring (bicyclic) bond motifs is 1. The van der Waals surface area contributed by atoms with Gasteiger partial charge in [-0.1, -0.05) is 12.1 Å². The Morgan fingerprint density at radius 3 is 1.87 bits per heavy atom. The fourth-order valence-corrected chi connectivity index (χ4v) is 3.35. The molecule has 0 aromatic heterocycles. The number of amides is 2. The molecule has 0 radical (unpaired) electrons. The Hall–Kier alpha value is -2.92. The smallest absolute Gasteiger partial charge is 0.262 e. The number of imide groups is 1. The third kappa shape index (κ3) is 6.53. The number of hydrazone groups is 2. The molecule has 1 atom stereocenters. The number of hydrogen-bond acceptors (Lipinski definition) is 6. The van der Waals surface area contributed by atoms with E-state index in [9.17, 15) is 9.59 Å². The summed E-state index contributed by atoms with van der Waals surface area (Å²) in [6.45, 7) is 9.46. The Morgan fingerprint density at radius 2 is 1.39 bits per heavy atom. The highest BCUT2D eigenvalue weighted by Crippen LogP contribution is 2.24. The Balaban J connectivity index is 2.24. The Kier molecular flexibility index (Phi) is 8.57. The molecular formula is C20H27N7O2S2. The van der Waals surface area contributed by atoms with Gasteiger partial charge in [0, 0.05) is 12.1 Å². The van der Waals surface area contributed by atoms with Gasteiger partial charge in [-0.25, -0.2) is 0 Å². The highest BCUT2D eigenvalue weighted by atomic mass is 32.1. The van der Waals surface area contributed by atoms with Crippen molar-refractivity contribution in [1.82, 2.24) is 26.4 Å². The van der Waals surface area contributed by atoms with Crippen molar-refractivity contribution >= 4 is 58.4 Å². The highest BCUT2D eigenvalue weighted by Gasteiger charge is 2.39. The van der Waals surface area contributed by atoms with Crippen LogP contribution in [0.15, 0.2) is 34.5 Å². The van der Waals surface area contributed by atoms with Gasteiger partial charge in [0.1, 0.15) is 5.71 Å². The number of benzene rings is 1. The van der Waals surface area contributed by atoms with Gasteiger partial charge in [-0.15, -0.1) is 0 Å². The van der Waals surface area contributed by atoms with Gasteiger partial charge < -0.3 is 10.6 Å². The second-order valence-electron chi connectivity index (χ2n) is 7.48. The summed E-state index contributed by atoms with van der Waals surface area (Å²) in [5.41, 5.74) is 6.46. The van der Waals surface area contributed by atoms with Crippen LogP contribution < -0.4 is 21.5 Å². The van der Waals surface area contributed by atoms with Crippen LogP contribution in [-0.4, -0.2) is 57.0 Å². The van der Waals surface area contributed by atoms with Crippen molar-refractivity contribution in [2.24, 2.45) is 10.2 Å². The van der Waals surface area contributed by atoms with Gasteiger partial charge in [0.2, 0.25) is 0 Å². The van der Waals surface area contributed by atoms with Gasteiger partial charge in [0.15, 0.2) is 10.2 Å². The molecule has 0 spiro atoms. The summed E-state index contributed by atoms with van der Waals surface area (Å²) in [6, 6.07) is 6.25. The average Bonchev–Trinajstić information content (AvgIpc) is 2.93. The molecule has 1 aromatic rings. The molecule has 9 nitrogen and oxygen atoms in total. The molecular weight excluding hydrogens is 434 g/mol. The molecule has 31 heavy (non-hydrogen) atoms. The summed E-state index contributed by atoms with van der Waals surface area (Å²) in [5, 5.41) is 15.0. The maximum Gasteiger partial charge on any atom is 0.262 e. The van der Waals surface area contributed by atoms with E-state index in [1.807, 2.05) is 27.7 Å². The van der Waals surface area contributed by atoms with E-state index in [1.165, 1.54) is 6.21 Å². The van der Waals surface area contributed by atoms with Gasteiger partial charge in [-0.05, 0) is 71.2 Å². The minimum absolute atomic E-state index is 0.113. The second kappa shape index (κ2) is 10.9. The number of carbonyl (C=O) groups excluding carboxylic acids is 2. The molecule has 0 saturated carbocycles. The van der Waals surface area contributed by atoms with Crippen molar-refractivity contribution in [2.75, 3.05) is 0 Å². The lowest BCUT2D eigenvalue weighted by molar-refractivity contribution is 0.0636. The first-order chi connectivity index (χ1) is 14.6. The maximum absolute atomic E-state index is 12.8. The number of carbonyl (C=O) groups is 2. The van der Waals surface area contributed by atoms with Gasteiger partial charge in [-0.3, -0.25) is 25.3 Å². The van der Waals surface area contributed by atoms with Gasteiger partial charge in [0.25, 0.3) is 11.8 Å². The number of rotatable bonds is 7. The van der Waals surface area contributed by atoms with Crippen LogP contribution in [0.1, 0.15) is 55.3 Å². The second-order valence-corrected chi connectivity index (χ2v) is 8.29. The van der Waals surface area contributed by atoms with E-state index < -0.39 is 6.04 Å². The van der Waals surface area contributed by atoms with Gasteiger partial charge >= 0.3 is 0 Å². The summed E-state index contributed by atoms with van der Waals surface area (Å²) >= 11 is 10.4. The summed E-state index contributed by atoms with van der Waals surface area (Å²) in [6.07, 6.45) is 1.40. The van der Waals surface area contributed by atoms with Crippen molar-refractivity contribution in [3.8, 4) is 0 Å². The molecule has 166 valence electrons. The normalized spacial score (nSPS) is 14.8. The van der Waals surface area contributed by atoms with Crippen molar-refractivity contribution in [3.63, 3.8) is 0 Å². The molecule has 0 saturated heterocycles. The lowest BCUT2D eigenvalue weighted by Gasteiger charge is -2.22. The predicted octanol–water partition coefficient (Wildman–Crippen LogP) is 1.76. The van der Waals surface area contributed by atoms with Crippen LogP contribution in [0.2, 0.25) is 0 Å². The van der Waals surface area contributed by atoms with Crippen molar-refractivity contribution < 1.29 is 9.59 Å². The standard InChI is InChI=1S/C20H27N7O2S2/c1-11(2)22-19(30)25-21-10-16(24-26-20(31)23-12(3)4)13(5)27-17(28)14-8-6-7-9-15(14)18(27)29/h6-13H,1-5H3,(H2,22,25,30)(H2,23,26,31)/b21-10+,24-16-. The molecule has 1 aliphatic rings. The van der Waals surface area contributed by atoms with Crippen LogP contribution in [0.25, 0.3) is 0 Å². The van der Waals surface area contributed by atoms with E-state index in [-0.39, 0.29) is 23.9 Å². The van der Waals surface area contributed by atoms with Crippen LogP contribution in [0.3, 0.4) is 0 Å². The molecule has 2 rings (SSSR count). The van der Waals surface area contributed by atoms with E-state index in [2.05, 4.69) is 31.7 Å². The molecule has 1 heterocycles. The van der Waals surface area contributed by atoms with E-state index >= 15 is 0 Å². The van der Waals surface area contributed by atoms with Crippen LogP contribution in [0, 0.1) is 0 Å². The number of nitrogens with zero attached hydrogens (tertiary/aromatic N) is 3. The molecule has 0 bridgehead atoms. The summed E-state index contributed by atoms with van der Waals surface area (Å²) < 4.78 is 0. The molecule has 1 aromatic carbocycles. The zero-order valence-corrected chi connectivity index (χ0v) is 19.7. The lowest BCUT2D eigenvalue weighted by Crippen LogP contribution is -2.45. The average molecular weight is 462 g/mol. The zero-order valence-electron chi connectivity index (χ0n) is 18.1. The highest BCUT2D eigenvalue weighted by molar-refractivity contribution is 7.80. The first kappa shape index (κ1) is 24.4. The van der Waals surface area contributed by atoms with Crippen LogP contribution in [-0.2, 0) is 0 Å². The Bertz CT molecular complexity index is 893. The monoisotopic (exact) mass is 461 g/mol. The summed E-state index contributed by atoms with van der Waals surface area (Å²) in [5.74, 6) is -0.774. The van der Waals surface area contributed by atoms with E-state index in [0.29, 0.717) is 27.1 Å². The van der Waals surface area contributed by atoms with E-state index in [4.69, 9.17) is 24.4 Å². The van der Waals surface area contributed by atoms with Gasteiger partial charge in [0.05, 0.1) is 23.4 Å². The fourth-order valence-electron chi connectivity index (χ4n) is 2.78. The molecule has 1 unspecified atom stereocenters. The molecule has 11 heteroatoms. The Labute approximate surface area is 192 Å². The van der Waals surface area contributed by atoms with Gasteiger partial charge in [-0.2, -0.15) is 10.2 Å². The predicted molar refractivity (Wildman–Crippen MR) is 130 cm³/mol. The zero-order chi connectivity index (χ0) is 23.1. The quantitative estimate of drug-likeness (QED) is 0.210. The fraction of sp³-hybridized carbons (Fsp3) is 0.400. The van der Waals surface area contributed by atoms with Crippen LogP contribution in [0.4, 0.5) is 0 Å². The van der Waals surface area contributed by atoms with E-state index in [0.717, 1.165) is 4.90 Å². The maximum atomic E-state index is 12.8. The largest absolute Gasteiger partial charge is 0.359 e. The third-order valence-corrected chi connectivity index (χ3v) is 4.55. The molecule has 2 amide bonds. The first-order valence-electron chi connectivity index (χ1n) is 9.82. The third-order valence-electron chi connectivity index (χ3n) is 4.13. The first-order valence-corrected chi connectivity index (χ1v) is 10.6. The molecule has 1 aliphatic heterocycles. The summed E-state index contributed by atoms with van der Waals surface area (Å²) in [4.78, 5) is 26.8. The Morgan fingerprint density at radius 1 is 0.903 bits per heavy atom. The number of thiocarbonyl (C=S) groups is 2. The van der Waals surface area contributed by atoms with Crippen LogP contribution in [0.5, 0.6) is 0 Å². The SMILES string of the molecule is CC(C)NC(=S)N/N=C/C(=N/NC(=S)NC(C)C)C(C)N1C(=O)c2ccccc2C1=O. The lowest BCUT2D eigenvalue weighted by atomic mass is 10.1. The van der Waals surface area contributed by atoms with E-state index in [1.54, 1.807) is 31.2 Å². The topological polar surface area (TPSA) is 110 Å². The number of nitrogens with one attached hydrogen (secondary N) is 4. The summed E-state index contributed by atoms with van der Waals surface area (Å²) in [7, 11) is 0. The van der Waals surface area contributed by atoms with Crippen molar-refractivity contribution in [1.29, 1.82) is 0 Å².